The number of nitrogens with zero attached hydrogens (tertiary/aromatic N) is 2. The van der Waals surface area contributed by atoms with Crippen LogP contribution in [0.5, 0.6) is 0 Å². The van der Waals surface area contributed by atoms with E-state index in [-0.39, 0.29) is 12.4 Å². The lowest BCUT2D eigenvalue weighted by Gasteiger charge is -2.00. The molecule has 0 aromatic heterocycles. The van der Waals surface area contributed by atoms with Crippen molar-refractivity contribution in [1.29, 1.82) is 5.26 Å². The monoisotopic (exact) mass is 132 g/mol. The Labute approximate surface area is 55.5 Å². The van der Waals surface area contributed by atoms with E-state index in [1.54, 1.807) is 4.90 Å². The molecular weight excluding hydrogens is 124 g/mol. The van der Waals surface area contributed by atoms with Gasteiger partial charge in [-0.25, -0.2) is 0 Å². The Morgan fingerprint density at radius 2 is 1.75 bits per heavy atom. The highest BCUT2D eigenvalue weighted by Crippen LogP contribution is 2.03. The molecule has 1 aliphatic heterocycles. The lowest BCUT2D eigenvalue weighted by Crippen LogP contribution is -2.10. The second-order valence-corrected chi connectivity index (χ2v) is 1.79. The first-order valence-electron chi connectivity index (χ1n) is 2.58. The van der Waals surface area contributed by atoms with Crippen molar-refractivity contribution in [3.63, 3.8) is 0 Å². The van der Waals surface area contributed by atoms with Crippen LogP contribution in [0.3, 0.4) is 0 Å². The van der Waals surface area contributed by atoms with Crippen molar-refractivity contribution < 1.29 is 0 Å². The highest BCUT2D eigenvalue weighted by Gasteiger charge is 2.06. The summed E-state index contributed by atoms with van der Waals surface area (Å²) in [5, 5.41) is 8.24. The molecule has 0 unspecified atom stereocenters. The Morgan fingerprint density at radius 3 is 2.00 bits per heavy atom. The average Bonchev–Trinajstić information content (AvgIpc) is 2.14. The minimum Gasteiger partial charge on any atom is -0.311 e. The normalized spacial score (nSPS) is 17.1. The van der Waals surface area contributed by atoms with Gasteiger partial charge < -0.3 is 4.90 Å². The summed E-state index contributed by atoms with van der Waals surface area (Å²) >= 11 is 0. The second-order valence-electron chi connectivity index (χ2n) is 1.79. The van der Waals surface area contributed by atoms with Gasteiger partial charge in [-0.2, -0.15) is 5.26 Å². The summed E-state index contributed by atoms with van der Waals surface area (Å²) in [7, 11) is 0. The Morgan fingerprint density at radius 1 is 1.25 bits per heavy atom. The fourth-order valence-corrected chi connectivity index (χ4v) is 0.817. The van der Waals surface area contributed by atoms with E-state index in [4.69, 9.17) is 5.26 Å². The molecule has 1 aliphatic rings. The van der Waals surface area contributed by atoms with Crippen LogP contribution >= 0.6 is 12.4 Å². The zero-order chi connectivity index (χ0) is 5.11. The van der Waals surface area contributed by atoms with Crippen molar-refractivity contribution >= 4 is 12.4 Å². The van der Waals surface area contributed by atoms with Crippen molar-refractivity contribution in [2.75, 3.05) is 13.1 Å². The molecule has 0 aliphatic carbocycles. The smallest absolute Gasteiger partial charge is 0.179 e. The highest BCUT2D eigenvalue weighted by atomic mass is 35.5. The van der Waals surface area contributed by atoms with Gasteiger partial charge in [0.15, 0.2) is 6.19 Å². The SMILES string of the molecule is Cl.N#CN1CCCC1. The zero-order valence-electron chi connectivity index (χ0n) is 4.63. The minimum absolute atomic E-state index is 0. The standard InChI is InChI=1S/C5H8N2.ClH/c6-5-7-3-1-2-4-7;/h1-4H2;1H. The third-order valence-electron chi connectivity index (χ3n) is 1.25. The number of hydrogen-bond acceptors (Lipinski definition) is 2. The molecule has 0 amide bonds. The van der Waals surface area contributed by atoms with E-state index in [0.717, 1.165) is 13.1 Å². The predicted octanol–water partition coefficient (Wildman–Crippen LogP) is 0.985. The zero-order valence-corrected chi connectivity index (χ0v) is 5.45. The van der Waals surface area contributed by atoms with E-state index in [9.17, 15) is 0 Å². The second kappa shape index (κ2) is 3.57. The van der Waals surface area contributed by atoms with Gasteiger partial charge in [0, 0.05) is 13.1 Å². The van der Waals surface area contributed by atoms with Gasteiger partial charge >= 0.3 is 0 Å². The molecule has 3 heteroatoms. The maximum Gasteiger partial charge on any atom is 0.179 e. The first-order chi connectivity index (χ1) is 3.43. The predicted molar refractivity (Wildman–Crippen MR) is 33.7 cm³/mol. The molecule has 2 nitrogen and oxygen atoms in total. The molecule has 0 aromatic rings. The Hall–Kier alpha value is -0.420. The molecule has 1 heterocycles. The molecule has 0 aromatic carbocycles. The molecule has 8 heavy (non-hydrogen) atoms. The van der Waals surface area contributed by atoms with Gasteiger partial charge in [0.25, 0.3) is 0 Å². The van der Waals surface area contributed by atoms with E-state index in [1.807, 2.05) is 0 Å². The van der Waals surface area contributed by atoms with Crippen LogP contribution in [0.1, 0.15) is 12.8 Å². The van der Waals surface area contributed by atoms with Crippen LogP contribution in [-0.4, -0.2) is 18.0 Å². The minimum atomic E-state index is 0. The van der Waals surface area contributed by atoms with Gasteiger partial charge in [0.05, 0.1) is 0 Å². The molecule has 0 bridgehead atoms. The van der Waals surface area contributed by atoms with Gasteiger partial charge in [-0.3, -0.25) is 0 Å². The van der Waals surface area contributed by atoms with Crippen LogP contribution in [0.2, 0.25) is 0 Å². The fourth-order valence-electron chi connectivity index (χ4n) is 0.817. The maximum atomic E-state index is 8.24. The van der Waals surface area contributed by atoms with Crippen molar-refractivity contribution in [2.45, 2.75) is 12.8 Å². The molecular formula is C5H9ClN2. The molecule has 0 spiro atoms. The van der Waals surface area contributed by atoms with Crippen LogP contribution in [0.15, 0.2) is 0 Å². The summed E-state index contributed by atoms with van der Waals surface area (Å²) in [6.45, 7) is 1.97. The van der Waals surface area contributed by atoms with E-state index in [0.29, 0.717) is 0 Å². The van der Waals surface area contributed by atoms with Crippen LogP contribution < -0.4 is 0 Å². The lowest BCUT2D eigenvalue weighted by atomic mass is 10.4. The summed E-state index contributed by atoms with van der Waals surface area (Å²) in [4.78, 5) is 1.79. The Balaban J connectivity index is 0.000000490. The van der Waals surface area contributed by atoms with Crippen LogP contribution in [0.4, 0.5) is 0 Å². The molecule has 46 valence electrons. The quantitative estimate of drug-likeness (QED) is 0.460. The number of likely N-dealkylation sites (tertiary alicyclic amines) is 1. The molecule has 0 N–H and O–H groups in total. The van der Waals surface area contributed by atoms with Crippen LogP contribution in [-0.2, 0) is 0 Å². The number of hydrogen-bond donors (Lipinski definition) is 0. The summed E-state index contributed by atoms with van der Waals surface area (Å²) in [6, 6.07) is 0. The number of rotatable bonds is 0. The van der Waals surface area contributed by atoms with Crippen LogP contribution in [0.25, 0.3) is 0 Å². The Kier molecular flexibility index (Phi) is 3.38. The van der Waals surface area contributed by atoms with Crippen molar-refractivity contribution in [3.05, 3.63) is 0 Å². The summed E-state index contributed by atoms with van der Waals surface area (Å²) in [5.74, 6) is 0. The van der Waals surface area contributed by atoms with Gasteiger partial charge in [-0.05, 0) is 12.8 Å². The van der Waals surface area contributed by atoms with E-state index >= 15 is 0 Å². The van der Waals surface area contributed by atoms with E-state index in [2.05, 4.69) is 6.19 Å². The van der Waals surface area contributed by atoms with E-state index < -0.39 is 0 Å². The van der Waals surface area contributed by atoms with Gasteiger partial charge in [-0.1, -0.05) is 0 Å². The first kappa shape index (κ1) is 7.58. The first-order valence-corrected chi connectivity index (χ1v) is 2.58. The largest absolute Gasteiger partial charge is 0.311 e. The van der Waals surface area contributed by atoms with Crippen molar-refractivity contribution in [2.24, 2.45) is 0 Å². The Bertz CT molecular complexity index is 91.1. The summed E-state index contributed by atoms with van der Waals surface area (Å²) in [5.41, 5.74) is 0. The summed E-state index contributed by atoms with van der Waals surface area (Å²) < 4.78 is 0. The van der Waals surface area contributed by atoms with Gasteiger partial charge in [-0.15, -0.1) is 12.4 Å². The lowest BCUT2D eigenvalue weighted by molar-refractivity contribution is 0.487. The molecule has 0 radical (unpaired) electrons. The van der Waals surface area contributed by atoms with Crippen LogP contribution in [0, 0.1) is 11.5 Å². The average molecular weight is 133 g/mol. The van der Waals surface area contributed by atoms with Gasteiger partial charge in [0.1, 0.15) is 0 Å². The summed E-state index contributed by atoms with van der Waals surface area (Å²) in [6.07, 6.45) is 4.50. The van der Waals surface area contributed by atoms with Gasteiger partial charge in [0.2, 0.25) is 0 Å². The molecule has 0 atom stereocenters. The molecule has 1 fully saturated rings. The maximum absolute atomic E-state index is 8.24. The fraction of sp³-hybridized carbons (Fsp3) is 0.800. The molecule has 1 saturated heterocycles. The van der Waals surface area contributed by atoms with Crippen molar-refractivity contribution in [1.82, 2.24) is 4.90 Å². The molecule has 0 saturated carbocycles. The van der Waals surface area contributed by atoms with E-state index in [1.165, 1.54) is 12.8 Å². The molecule has 1 rings (SSSR count). The third kappa shape index (κ3) is 1.59. The number of halogens is 1. The third-order valence-corrected chi connectivity index (χ3v) is 1.25. The number of nitriles is 1. The topological polar surface area (TPSA) is 27.0 Å². The van der Waals surface area contributed by atoms with Crippen molar-refractivity contribution in [3.8, 4) is 6.19 Å². The highest BCUT2D eigenvalue weighted by molar-refractivity contribution is 5.85.